The van der Waals surface area contributed by atoms with Crippen molar-refractivity contribution >= 4 is 17.3 Å². The molecule has 0 saturated carbocycles. The van der Waals surface area contributed by atoms with Crippen molar-refractivity contribution in [1.29, 1.82) is 0 Å². The highest BCUT2D eigenvalue weighted by Gasteiger charge is 2.19. The number of furan rings is 1. The van der Waals surface area contributed by atoms with E-state index >= 15 is 0 Å². The van der Waals surface area contributed by atoms with Crippen LogP contribution in [0, 0.1) is 12.8 Å². The van der Waals surface area contributed by atoms with Crippen molar-refractivity contribution in [3.8, 4) is 0 Å². The van der Waals surface area contributed by atoms with Crippen LogP contribution >= 0.6 is 11.3 Å². The molecule has 0 amide bonds. The van der Waals surface area contributed by atoms with Crippen LogP contribution in [0.4, 0.5) is 0 Å². The predicted molar refractivity (Wildman–Crippen MR) is 122 cm³/mol. The molecule has 1 fully saturated rings. The molecule has 0 aliphatic carbocycles. The van der Waals surface area contributed by atoms with Crippen molar-refractivity contribution in [2.45, 2.75) is 46.3 Å². The lowest BCUT2D eigenvalue weighted by molar-refractivity contribution is 0.105. The average molecular weight is 434 g/mol. The number of nitrogens with zero attached hydrogens (tertiary/aromatic N) is 3. The second kappa shape index (κ2) is 12.7. The minimum absolute atomic E-state index is 0.530. The molecule has 2 aromatic heterocycles. The summed E-state index contributed by atoms with van der Waals surface area (Å²) < 4.78 is 10.9. The highest BCUT2D eigenvalue weighted by atomic mass is 32.1. The second-order valence-electron chi connectivity index (χ2n) is 7.71. The zero-order valence-corrected chi connectivity index (χ0v) is 19.0. The molecule has 0 aromatic carbocycles. The Morgan fingerprint density at radius 2 is 2.23 bits per heavy atom. The maximum Gasteiger partial charge on any atom is 0.191 e. The molecule has 0 radical (unpaired) electrons. The van der Waals surface area contributed by atoms with E-state index in [4.69, 9.17) is 14.1 Å². The summed E-state index contributed by atoms with van der Waals surface area (Å²) >= 11 is 1.74. The van der Waals surface area contributed by atoms with Gasteiger partial charge in [0.25, 0.3) is 0 Å². The van der Waals surface area contributed by atoms with Crippen LogP contribution < -0.4 is 10.6 Å². The molecule has 3 heterocycles. The van der Waals surface area contributed by atoms with Crippen LogP contribution in [0.15, 0.2) is 33.2 Å². The van der Waals surface area contributed by atoms with Gasteiger partial charge in [0.1, 0.15) is 12.4 Å². The highest BCUT2D eigenvalue weighted by Crippen LogP contribution is 2.20. The van der Waals surface area contributed by atoms with E-state index < -0.39 is 0 Å². The smallest absolute Gasteiger partial charge is 0.191 e. The van der Waals surface area contributed by atoms with Gasteiger partial charge in [-0.3, -0.25) is 9.89 Å². The van der Waals surface area contributed by atoms with Crippen molar-refractivity contribution < 1.29 is 9.15 Å². The van der Waals surface area contributed by atoms with E-state index in [9.17, 15) is 0 Å². The monoisotopic (exact) mass is 433 g/mol. The molecule has 2 aromatic rings. The molecular formula is C22H35N5O2S. The van der Waals surface area contributed by atoms with Gasteiger partial charge in [0.05, 0.1) is 17.0 Å². The van der Waals surface area contributed by atoms with Crippen molar-refractivity contribution in [3.63, 3.8) is 0 Å². The van der Waals surface area contributed by atoms with Gasteiger partial charge in [-0.25, -0.2) is 4.98 Å². The van der Waals surface area contributed by atoms with E-state index in [1.165, 1.54) is 18.5 Å². The fraction of sp³-hybridized carbons (Fsp3) is 0.636. The number of nitrogens with one attached hydrogen (secondary N) is 2. The maximum absolute atomic E-state index is 5.63. The molecule has 0 unspecified atom stereocenters. The number of ether oxygens (including phenoxy) is 1. The molecule has 7 nitrogen and oxygen atoms in total. The standard InChI is InChI=1S/C22H35N5O2S/c1-3-23-22(24-9-5-12-28-16-21-6-4-13-29-21)25-14-19-7-10-27(11-8-19)15-20-17-30-18(2)26-20/h4,6,13,17,19H,3,5,7-12,14-16H2,1-2H3,(H2,23,24,25). The first-order valence-electron chi connectivity index (χ1n) is 11.0. The molecule has 0 atom stereocenters. The van der Waals surface area contributed by atoms with Crippen LogP contribution in [0.25, 0.3) is 0 Å². The number of guanidine groups is 1. The number of aromatic nitrogens is 1. The number of likely N-dealkylation sites (tertiary alicyclic amines) is 1. The minimum Gasteiger partial charge on any atom is -0.467 e. The lowest BCUT2D eigenvalue weighted by atomic mass is 9.97. The molecule has 1 aliphatic rings. The van der Waals surface area contributed by atoms with Gasteiger partial charge in [0, 0.05) is 38.2 Å². The molecule has 1 saturated heterocycles. The van der Waals surface area contributed by atoms with Crippen LogP contribution in [0.3, 0.4) is 0 Å². The van der Waals surface area contributed by atoms with Crippen molar-refractivity contribution in [2.75, 3.05) is 39.3 Å². The van der Waals surface area contributed by atoms with E-state index in [1.807, 2.05) is 12.1 Å². The Kier molecular flexibility index (Phi) is 9.66. The molecule has 1 aliphatic heterocycles. The number of hydrogen-bond donors (Lipinski definition) is 2. The lowest BCUT2D eigenvalue weighted by Gasteiger charge is -2.30. The van der Waals surface area contributed by atoms with Gasteiger partial charge < -0.3 is 19.8 Å². The quantitative estimate of drug-likeness (QED) is 0.321. The number of aryl methyl sites for hydroxylation is 1. The van der Waals surface area contributed by atoms with Crippen LogP contribution in [0.1, 0.15) is 42.6 Å². The fourth-order valence-electron chi connectivity index (χ4n) is 3.55. The van der Waals surface area contributed by atoms with Crippen molar-refractivity contribution in [2.24, 2.45) is 10.9 Å². The Bertz CT molecular complexity index is 739. The highest BCUT2D eigenvalue weighted by molar-refractivity contribution is 7.09. The Morgan fingerprint density at radius 3 is 2.93 bits per heavy atom. The predicted octanol–water partition coefficient (Wildman–Crippen LogP) is 3.42. The molecule has 30 heavy (non-hydrogen) atoms. The van der Waals surface area contributed by atoms with Gasteiger partial charge >= 0.3 is 0 Å². The van der Waals surface area contributed by atoms with Gasteiger partial charge in [0.15, 0.2) is 5.96 Å². The Labute approximate surface area is 183 Å². The van der Waals surface area contributed by atoms with Gasteiger partial charge in [-0.05, 0) is 64.3 Å². The molecule has 8 heteroatoms. The van der Waals surface area contributed by atoms with Crippen LogP contribution in [-0.4, -0.2) is 55.2 Å². The third-order valence-corrected chi connectivity index (χ3v) is 6.02. The average Bonchev–Trinajstić information content (AvgIpc) is 3.41. The number of aliphatic imine (C=N–C) groups is 1. The summed E-state index contributed by atoms with van der Waals surface area (Å²) in [5, 5.41) is 10.1. The minimum atomic E-state index is 0.530. The largest absolute Gasteiger partial charge is 0.467 e. The zero-order chi connectivity index (χ0) is 21.0. The van der Waals surface area contributed by atoms with E-state index in [0.29, 0.717) is 19.1 Å². The summed E-state index contributed by atoms with van der Waals surface area (Å²) in [6.45, 7) is 11.2. The summed E-state index contributed by atoms with van der Waals surface area (Å²) in [7, 11) is 0. The summed E-state index contributed by atoms with van der Waals surface area (Å²) in [5.41, 5.74) is 1.21. The van der Waals surface area contributed by atoms with Crippen LogP contribution in [-0.2, 0) is 17.9 Å². The van der Waals surface area contributed by atoms with Gasteiger partial charge in [0.2, 0.25) is 0 Å². The van der Waals surface area contributed by atoms with Gasteiger partial charge in [-0.1, -0.05) is 0 Å². The summed E-state index contributed by atoms with van der Waals surface area (Å²) in [5.74, 6) is 2.43. The second-order valence-corrected chi connectivity index (χ2v) is 8.77. The van der Waals surface area contributed by atoms with Gasteiger partial charge in [-0.2, -0.15) is 0 Å². The molecule has 3 rings (SSSR count). The SMILES string of the molecule is CCNC(=NCC1CCN(Cc2csc(C)n2)CC1)NCCCOCc1ccco1. The number of hydrogen-bond acceptors (Lipinski definition) is 6. The summed E-state index contributed by atoms with van der Waals surface area (Å²) in [6, 6.07) is 3.81. The topological polar surface area (TPSA) is 74.9 Å². The zero-order valence-electron chi connectivity index (χ0n) is 18.2. The van der Waals surface area contributed by atoms with Crippen LogP contribution in [0.2, 0.25) is 0 Å². The first-order valence-corrected chi connectivity index (χ1v) is 11.9. The van der Waals surface area contributed by atoms with E-state index in [0.717, 1.165) is 62.4 Å². The lowest BCUT2D eigenvalue weighted by Crippen LogP contribution is -2.39. The van der Waals surface area contributed by atoms with E-state index in [2.05, 4.69) is 39.7 Å². The molecular weight excluding hydrogens is 398 g/mol. The third kappa shape index (κ3) is 8.08. The number of piperidine rings is 1. The fourth-order valence-corrected chi connectivity index (χ4v) is 4.15. The molecule has 2 N–H and O–H groups in total. The van der Waals surface area contributed by atoms with Crippen LogP contribution in [0.5, 0.6) is 0 Å². The molecule has 166 valence electrons. The Balaban J connectivity index is 1.30. The summed E-state index contributed by atoms with van der Waals surface area (Å²) in [4.78, 5) is 11.9. The van der Waals surface area contributed by atoms with Crippen molar-refractivity contribution in [1.82, 2.24) is 20.5 Å². The van der Waals surface area contributed by atoms with Crippen molar-refractivity contribution in [3.05, 3.63) is 40.2 Å². The Morgan fingerprint density at radius 1 is 1.37 bits per heavy atom. The van der Waals surface area contributed by atoms with E-state index in [-0.39, 0.29) is 0 Å². The number of thiazole rings is 1. The van der Waals surface area contributed by atoms with Gasteiger partial charge in [-0.15, -0.1) is 11.3 Å². The van der Waals surface area contributed by atoms with E-state index in [1.54, 1.807) is 17.6 Å². The number of rotatable bonds is 11. The summed E-state index contributed by atoms with van der Waals surface area (Å²) in [6.07, 6.45) is 5.00. The first kappa shape index (κ1) is 22.8. The maximum atomic E-state index is 5.63. The normalized spacial score (nSPS) is 16.1. The first-order chi connectivity index (χ1) is 14.7. The molecule has 0 bridgehead atoms. The molecule has 0 spiro atoms. The Hall–Kier alpha value is -1.90. The third-order valence-electron chi connectivity index (χ3n) is 5.19.